The average molecular weight is 406 g/mol. The fourth-order valence-corrected chi connectivity index (χ4v) is 2.64. The molecule has 154 valence electrons. The number of benzene rings is 3. The molecule has 3 rings (SSSR count). The lowest BCUT2D eigenvalue weighted by molar-refractivity contribution is 0.0697. The molecule has 2 N–H and O–H groups in total. The van der Waals surface area contributed by atoms with E-state index in [-0.39, 0.29) is 5.56 Å². The summed E-state index contributed by atoms with van der Waals surface area (Å²) in [6.07, 6.45) is 1.64. The molecule has 0 saturated heterocycles. The molecule has 0 atom stereocenters. The quantitative estimate of drug-likeness (QED) is 0.404. The van der Waals surface area contributed by atoms with E-state index in [9.17, 15) is 4.79 Å². The first-order valence-electron chi connectivity index (χ1n) is 9.15. The second-order valence-electron chi connectivity index (χ2n) is 6.30. The maximum atomic E-state index is 10.9. The van der Waals surface area contributed by atoms with Crippen LogP contribution in [0, 0.1) is 0 Å². The molecule has 0 heterocycles. The fraction of sp³-hybridized carbons (Fsp3) is 0.130. The van der Waals surface area contributed by atoms with Gasteiger partial charge < -0.3 is 19.3 Å². The Labute approximate surface area is 174 Å². The number of hydrogen-bond acceptors (Lipinski definition) is 6. The van der Waals surface area contributed by atoms with E-state index in [2.05, 4.69) is 10.5 Å². The maximum Gasteiger partial charge on any atom is 0.335 e. The molecule has 3 aromatic carbocycles. The Balaban J connectivity index is 1.61. The van der Waals surface area contributed by atoms with Crippen molar-refractivity contribution in [1.82, 2.24) is 0 Å². The van der Waals surface area contributed by atoms with Crippen LogP contribution < -0.4 is 19.6 Å². The van der Waals surface area contributed by atoms with Crippen molar-refractivity contribution in [3.8, 4) is 17.2 Å². The zero-order valence-electron chi connectivity index (χ0n) is 16.7. The van der Waals surface area contributed by atoms with Crippen molar-refractivity contribution < 1.29 is 24.1 Å². The third-order valence-electron chi connectivity index (χ3n) is 4.28. The van der Waals surface area contributed by atoms with Crippen LogP contribution >= 0.6 is 0 Å². The Morgan fingerprint density at radius 2 is 1.70 bits per heavy atom. The first kappa shape index (κ1) is 20.7. The van der Waals surface area contributed by atoms with Crippen molar-refractivity contribution in [3.63, 3.8) is 0 Å². The third-order valence-corrected chi connectivity index (χ3v) is 4.28. The van der Waals surface area contributed by atoms with Crippen molar-refractivity contribution in [3.05, 3.63) is 83.4 Å². The first-order chi connectivity index (χ1) is 14.6. The van der Waals surface area contributed by atoms with Gasteiger partial charge in [0.25, 0.3) is 0 Å². The number of nitrogens with zero attached hydrogens (tertiary/aromatic N) is 1. The number of nitrogens with one attached hydrogen (secondary N) is 1. The van der Waals surface area contributed by atoms with Gasteiger partial charge >= 0.3 is 5.97 Å². The largest absolute Gasteiger partial charge is 0.497 e. The number of carboxylic acid groups (broad SMARTS) is 1. The van der Waals surface area contributed by atoms with Crippen molar-refractivity contribution in [2.75, 3.05) is 19.6 Å². The minimum Gasteiger partial charge on any atom is -0.497 e. The Hall–Kier alpha value is -4.00. The molecule has 0 bridgehead atoms. The maximum absolute atomic E-state index is 10.9. The molecule has 7 heteroatoms. The van der Waals surface area contributed by atoms with E-state index in [4.69, 9.17) is 19.3 Å². The van der Waals surface area contributed by atoms with Crippen LogP contribution in [-0.2, 0) is 6.61 Å². The highest BCUT2D eigenvalue weighted by Crippen LogP contribution is 2.28. The zero-order valence-corrected chi connectivity index (χ0v) is 16.7. The summed E-state index contributed by atoms with van der Waals surface area (Å²) in [5.74, 6) is 1.05. The molecule has 0 aliphatic heterocycles. The molecule has 0 amide bonds. The molecule has 3 aromatic rings. The van der Waals surface area contributed by atoms with E-state index in [1.54, 1.807) is 32.6 Å². The van der Waals surface area contributed by atoms with E-state index in [0.29, 0.717) is 23.8 Å². The predicted octanol–water partition coefficient (Wildman–Crippen LogP) is 4.43. The molecule has 0 aliphatic rings. The van der Waals surface area contributed by atoms with Gasteiger partial charge in [-0.15, -0.1) is 0 Å². The van der Waals surface area contributed by atoms with E-state index in [0.717, 1.165) is 16.9 Å². The number of aromatic carboxylic acids is 1. The van der Waals surface area contributed by atoms with Gasteiger partial charge in [-0.1, -0.05) is 12.1 Å². The smallest absolute Gasteiger partial charge is 0.335 e. The van der Waals surface area contributed by atoms with Gasteiger partial charge in [0.1, 0.15) is 12.4 Å². The van der Waals surface area contributed by atoms with Crippen molar-refractivity contribution in [1.29, 1.82) is 0 Å². The SMILES string of the molecule is COc1ccc(COc2ccc(C=NNc3ccc(C(=O)O)cc3)cc2OC)cc1. The van der Waals surface area contributed by atoms with Crippen LogP contribution in [0.4, 0.5) is 5.69 Å². The lowest BCUT2D eigenvalue weighted by atomic mass is 10.2. The molecule has 0 aromatic heterocycles. The third kappa shape index (κ3) is 5.51. The molecule has 0 radical (unpaired) electrons. The highest BCUT2D eigenvalue weighted by Gasteiger charge is 2.06. The molecular formula is C23H22N2O5. The van der Waals surface area contributed by atoms with Crippen molar-refractivity contribution >= 4 is 17.9 Å². The average Bonchev–Trinajstić information content (AvgIpc) is 2.78. The van der Waals surface area contributed by atoms with Crippen LogP contribution in [0.1, 0.15) is 21.5 Å². The van der Waals surface area contributed by atoms with Gasteiger partial charge in [0, 0.05) is 0 Å². The lowest BCUT2D eigenvalue weighted by Gasteiger charge is -2.11. The van der Waals surface area contributed by atoms with Crippen LogP contribution in [-0.4, -0.2) is 31.5 Å². The van der Waals surface area contributed by atoms with Crippen LogP contribution in [0.2, 0.25) is 0 Å². The number of carboxylic acids is 1. The van der Waals surface area contributed by atoms with Crippen LogP contribution in [0.5, 0.6) is 17.2 Å². The number of anilines is 1. The number of methoxy groups -OCH3 is 2. The summed E-state index contributed by atoms with van der Waals surface area (Å²) in [6, 6.07) is 19.5. The summed E-state index contributed by atoms with van der Waals surface area (Å²) in [5, 5.41) is 13.1. The standard InChI is InChI=1S/C23H22N2O5/c1-28-20-10-3-16(4-11-20)15-30-21-12-5-17(13-22(21)29-2)14-24-25-19-8-6-18(7-9-19)23(26)27/h3-14,25H,15H2,1-2H3,(H,26,27). The number of hydrazone groups is 1. The Morgan fingerprint density at radius 3 is 2.33 bits per heavy atom. The van der Waals surface area contributed by atoms with E-state index >= 15 is 0 Å². The second-order valence-corrected chi connectivity index (χ2v) is 6.30. The van der Waals surface area contributed by atoms with Gasteiger partial charge in [0.2, 0.25) is 0 Å². The van der Waals surface area contributed by atoms with Crippen LogP contribution in [0.3, 0.4) is 0 Å². The lowest BCUT2D eigenvalue weighted by Crippen LogP contribution is -1.99. The Kier molecular flexibility index (Phi) is 6.89. The normalized spacial score (nSPS) is 10.6. The molecule has 30 heavy (non-hydrogen) atoms. The fourth-order valence-electron chi connectivity index (χ4n) is 2.64. The summed E-state index contributed by atoms with van der Waals surface area (Å²) >= 11 is 0. The van der Waals surface area contributed by atoms with Crippen molar-refractivity contribution in [2.24, 2.45) is 5.10 Å². The summed E-state index contributed by atoms with van der Waals surface area (Å²) in [6.45, 7) is 0.404. The molecular weight excluding hydrogens is 384 g/mol. The molecule has 7 nitrogen and oxygen atoms in total. The van der Waals surface area contributed by atoms with Crippen LogP contribution in [0.15, 0.2) is 71.8 Å². The Morgan fingerprint density at radius 1 is 0.967 bits per heavy atom. The highest BCUT2D eigenvalue weighted by molar-refractivity contribution is 5.88. The second kappa shape index (κ2) is 9.97. The minimum atomic E-state index is -0.966. The van der Waals surface area contributed by atoms with Gasteiger partial charge in [-0.25, -0.2) is 4.79 Å². The van der Waals surface area contributed by atoms with Crippen LogP contribution in [0.25, 0.3) is 0 Å². The summed E-state index contributed by atoms with van der Waals surface area (Å²) in [5.41, 5.74) is 5.60. The minimum absolute atomic E-state index is 0.222. The number of ether oxygens (including phenoxy) is 3. The van der Waals surface area contributed by atoms with Gasteiger partial charge in [-0.3, -0.25) is 5.43 Å². The Bertz CT molecular complexity index is 1010. The zero-order chi connectivity index (χ0) is 21.3. The van der Waals surface area contributed by atoms with Crippen molar-refractivity contribution in [2.45, 2.75) is 6.61 Å². The molecule has 0 spiro atoms. The number of carbonyl (C=O) groups is 1. The van der Waals surface area contributed by atoms with Gasteiger partial charge in [-0.2, -0.15) is 5.10 Å². The number of rotatable bonds is 9. The molecule has 0 unspecified atom stereocenters. The predicted molar refractivity (Wildman–Crippen MR) is 115 cm³/mol. The molecule has 0 saturated carbocycles. The number of hydrogen-bond donors (Lipinski definition) is 2. The highest BCUT2D eigenvalue weighted by atomic mass is 16.5. The van der Waals surface area contributed by atoms with Gasteiger partial charge in [0.05, 0.1) is 31.7 Å². The summed E-state index contributed by atoms with van der Waals surface area (Å²) < 4.78 is 16.5. The monoisotopic (exact) mass is 406 g/mol. The van der Waals surface area contributed by atoms with E-state index in [1.807, 2.05) is 42.5 Å². The molecule has 0 aliphatic carbocycles. The summed E-state index contributed by atoms with van der Waals surface area (Å²) in [4.78, 5) is 10.9. The van der Waals surface area contributed by atoms with E-state index < -0.39 is 5.97 Å². The topological polar surface area (TPSA) is 89.4 Å². The van der Waals surface area contributed by atoms with E-state index in [1.165, 1.54) is 12.1 Å². The van der Waals surface area contributed by atoms with Gasteiger partial charge in [0.15, 0.2) is 11.5 Å². The van der Waals surface area contributed by atoms with Gasteiger partial charge in [-0.05, 0) is 65.7 Å². The molecule has 0 fully saturated rings. The first-order valence-corrected chi connectivity index (χ1v) is 9.15. The summed E-state index contributed by atoms with van der Waals surface area (Å²) in [7, 11) is 3.21.